The zero-order valence-corrected chi connectivity index (χ0v) is 13.1. The predicted octanol–water partition coefficient (Wildman–Crippen LogP) is 3.76. The first-order valence-electron chi connectivity index (χ1n) is 6.62. The van der Waals surface area contributed by atoms with Gasteiger partial charge in [-0.3, -0.25) is 0 Å². The lowest BCUT2D eigenvalue weighted by atomic mass is 9.81. The third kappa shape index (κ3) is 2.68. The van der Waals surface area contributed by atoms with Gasteiger partial charge in [0.15, 0.2) is 5.79 Å². The van der Waals surface area contributed by atoms with Crippen molar-refractivity contribution in [2.24, 2.45) is 5.41 Å². The van der Waals surface area contributed by atoms with Crippen LogP contribution in [0.25, 0.3) is 0 Å². The Kier molecular flexibility index (Phi) is 3.43. The van der Waals surface area contributed by atoms with Crippen LogP contribution in [-0.2, 0) is 15.6 Å². The van der Waals surface area contributed by atoms with Crippen molar-refractivity contribution in [1.82, 2.24) is 0 Å². The zero-order chi connectivity index (χ0) is 13.4. The van der Waals surface area contributed by atoms with Crippen LogP contribution < -0.4 is 0 Å². The van der Waals surface area contributed by atoms with Crippen molar-refractivity contribution in [1.29, 1.82) is 0 Å². The van der Waals surface area contributed by atoms with Gasteiger partial charge in [0, 0.05) is 11.8 Å². The summed E-state index contributed by atoms with van der Waals surface area (Å²) in [6.45, 7) is 11.1. The minimum atomic E-state index is -1.66. The molecule has 1 aliphatic heterocycles. The Balaban J connectivity index is 2.28. The fourth-order valence-electron chi connectivity index (χ4n) is 2.38. The van der Waals surface area contributed by atoms with Crippen molar-refractivity contribution >= 4 is 8.32 Å². The molecule has 0 radical (unpaired) electrons. The van der Waals surface area contributed by atoms with Crippen LogP contribution in [0.2, 0.25) is 13.1 Å². The fraction of sp³-hybridized carbons (Fsp3) is 0.600. The molecule has 0 bridgehead atoms. The van der Waals surface area contributed by atoms with Gasteiger partial charge >= 0.3 is 0 Å². The minimum absolute atomic E-state index is 0.0242. The predicted molar refractivity (Wildman–Crippen MR) is 76.9 cm³/mol. The molecule has 0 spiro atoms. The normalized spacial score (nSPS) is 27.4. The van der Waals surface area contributed by atoms with E-state index < -0.39 is 14.1 Å². The molecule has 0 N–H and O–H groups in total. The molecule has 1 heterocycles. The monoisotopic (exact) mass is 264 g/mol. The first kappa shape index (κ1) is 13.8. The Bertz CT molecular complexity index is 408. The number of hydrogen-bond acceptors (Lipinski definition) is 2. The molecule has 18 heavy (non-hydrogen) atoms. The number of hydrogen-bond donors (Lipinski definition) is 0. The molecule has 1 atom stereocenters. The van der Waals surface area contributed by atoms with Crippen molar-refractivity contribution in [3.63, 3.8) is 0 Å². The third-order valence-corrected chi connectivity index (χ3v) is 5.24. The number of ether oxygens (including phenoxy) is 1. The third-order valence-electron chi connectivity index (χ3n) is 3.52. The number of benzene rings is 1. The van der Waals surface area contributed by atoms with Gasteiger partial charge < -0.3 is 9.16 Å². The van der Waals surface area contributed by atoms with E-state index in [1.807, 2.05) is 6.07 Å². The largest absolute Gasteiger partial charge is 0.388 e. The molecule has 1 fully saturated rings. The van der Waals surface area contributed by atoms with Crippen LogP contribution in [0.3, 0.4) is 0 Å². The summed E-state index contributed by atoms with van der Waals surface area (Å²) in [6.07, 6.45) is 1.62. The number of rotatable bonds is 2. The SMILES string of the molecule is CC(C)(C)C1(Cc2ccccc2)OC[Si](C)(C)O1. The zero-order valence-electron chi connectivity index (χ0n) is 12.1. The van der Waals surface area contributed by atoms with Crippen LogP contribution in [0.15, 0.2) is 30.3 Å². The van der Waals surface area contributed by atoms with Gasteiger partial charge in [0.05, 0.1) is 6.23 Å². The van der Waals surface area contributed by atoms with Crippen molar-refractivity contribution in [2.45, 2.75) is 46.1 Å². The van der Waals surface area contributed by atoms with Crippen molar-refractivity contribution in [2.75, 3.05) is 6.23 Å². The summed E-state index contributed by atoms with van der Waals surface area (Å²) < 4.78 is 12.6. The van der Waals surface area contributed by atoms with E-state index in [1.165, 1.54) is 5.56 Å². The lowest BCUT2D eigenvalue weighted by Crippen LogP contribution is -2.48. The van der Waals surface area contributed by atoms with Crippen LogP contribution in [0, 0.1) is 5.41 Å². The lowest BCUT2D eigenvalue weighted by molar-refractivity contribution is -0.205. The Morgan fingerprint density at radius 3 is 2.22 bits per heavy atom. The second-order valence-electron chi connectivity index (χ2n) is 6.82. The van der Waals surface area contributed by atoms with Crippen molar-refractivity contribution in [3.05, 3.63) is 35.9 Å². The highest BCUT2D eigenvalue weighted by Gasteiger charge is 2.53. The van der Waals surface area contributed by atoms with Gasteiger partial charge in [-0.15, -0.1) is 0 Å². The van der Waals surface area contributed by atoms with Crippen LogP contribution in [-0.4, -0.2) is 20.3 Å². The maximum atomic E-state index is 6.42. The molecular formula is C15H24O2Si. The van der Waals surface area contributed by atoms with E-state index in [0.29, 0.717) is 0 Å². The highest BCUT2D eigenvalue weighted by Crippen LogP contribution is 2.44. The maximum absolute atomic E-state index is 6.42. The Morgan fingerprint density at radius 2 is 1.78 bits per heavy atom. The summed E-state index contributed by atoms with van der Waals surface area (Å²) in [6, 6.07) is 10.5. The van der Waals surface area contributed by atoms with Crippen LogP contribution >= 0.6 is 0 Å². The van der Waals surface area contributed by atoms with Gasteiger partial charge in [-0.05, 0) is 18.7 Å². The van der Waals surface area contributed by atoms with Gasteiger partial charge in [0.2, 0.25) is 8.32 Å². The molecule has 2 rings (SSSR count). The van der Waals surface area contributed by atoms with Gasteiger partial charge in [-0.1, -0.05) is 51.1 Å². The van der Waals surface area contributed by atoms with E-state index >= 15 is 0 Å². The molecule has 3 heteroatoms. The summed E-state index contributed by atoms with van der Waals surface area (Å²) >= 11 is 0. The highest BCUT2D eigenvalue weighted by molar-refractivity contribution is 6.71. The second kappa shape index (κ2) is 4.48. The van der Waals surface area contributed by atoms with Crippen molar-refractivity contribution in [3.8, 4) is 0 Å². The van der Waals surface area contributed by atoms with Crippen molar-refractivity contribution < 1.29 is 9.16 Å². The summed E-state index contributed by atoms with van der Waals surface area (Å²) in [5.41, 5.74) is 1.25. The summed E-state index contributed by atoms with van der Waals surface area (Å²) in [5.74, 6) is -0.468. The van der Waals surface area contributed by atoms with Gasteiger partial charge in [0.1, 0.15) is 0 Å². The molecule has 1 saturated heterocycles. The Hall–Kier alpha value is -0.643. The standard InChI is InChI=1S/C15H24O2Si/c1-14(2,3)15(16-12-18(4,5)17-15)11-13-9-7-6-8-10-13/h6-10H,11-12H2,1-5H3. The van der Waals surface area contributed by atoms with E-state index in [9.17, 15) is 0 Å². The van der Waals surface area contributed by atoms with Gasteiger partial charge in [-0.2, -0.15) is 0 Å². The quantitative estimate of drug-likeness (QED) is 0.757. The van der Waals surface area contributed by atoms with Crippen LogP contribution in [0.5, 0.6) is 0 Å². The highest BCUT2D eigenvalue weighted by atomic mass is 28.4. The van der Waals surface area contributed by atoms with E-state index in [4.69, 9.17) is 9.16 Å². The molecule has 1 aromatic rings. The van der Waals surface area contributed by atoms with E-state index in [0.717, 1.165) is 12.7 Å². The summed E-state index contributed by atoms with van der Waals surface area (Å²) in [7, 11) is -1.66. The lowest BCUT2D eigenvalue weighted by Gasteiger charge is -2.41. The molecule has 0 aliphatic carbocycles. The molecule has 0 amide bonds. The molecule has 1 aliphatic rings. The van der Waals surface area contributed by atoms with Crippen LogP contribution in [0.4, 0.5) is 0 Å². The smallest absolute Gasteiger partial charge is 0.215 e. The van der Waals surface area contributed by atoms with E-state index in [1.54, 1.807) is 0 Å². The van der Waals surface area contributed by atoms with E-state index in [-0.39, 0.29) is 5.41 Å². The van der Waals surface area contributed by atoms with Gasteiger partial charge in [0.25, 0.3) is 0 Å². The minimum Gasteiger partial charge on any atom is -0.388 e. The maximum Gasteiger partial charge on any atom is 0.215 e. The summed E-state index contributed by atoms with van der Waals surface area (Å²) in [5, 5.41) is 0. The second-order valence-corrected chi connectivity index (χ2v) is 10.8. The Labute approximate surface area is 111 Å². The van der Waals surface area contributed by atoms with Crippen LogP contribution in [0.1, 0.15) is 26.3 Å². The Morgan fingerprint density at radius 1 is 1.17 bits per heavy atom. The summed E-state index contributed by atoms with van der Waals surface area (Å²) in [4.78, 5) is 0. The molecule has 2 nitrogen and oxygen atoms in total. The molecular weight excluding hydrogens is 240 g/mol. The fourth-order valence-corrected chi connectivity index (χ4v) is 4.35. The topological polar surface area (TPSA) is 18.5 Å². The molecule has 1 unspecified atom stereocenters. The van der Waals surface area contributed by atoms with E-state index in [2.05, 4.69) is 58.1 Å². The first-order valence-corrected chi connectivity index (χ1v) is 9.74. The molecule has 0 aromatic heterocycles. The van der Waals surface area contributed by atoms with Gasteiger partial charge in [-0.25, -0.2) is 0 Å². The average molecular weight is 264 g/mol. The first-order chi connectivity index (χ1) is 8.24. The average Bonchev–Trinajstić information content (AvgIpc) is 2.56. The molecule has 1 aromatic carbocycles. The molecule has 0 saturated carbocycles. The molecule has 100 valence electrons.